The van der Waals surface area contributed by atoms with E-state index in [1.54, 1.807) is 0 Å². The van der Waals surface area contributed by atoms with Crippen LogP contribution in [-0.4, -0.2) is 11.5 Å². The molecule has 0 nitrogen and oxygen atoms in total. The van der Waals surface area contributed by atoms with Gasteiger partial charge in [0.15, 0.2) is 0 Å². The van der Waals surface area contributed by atoms with Gasteiger partial charge in [-0.25, -0.2) is 0 Å². The summed E-state index contributed by atoms with van der Waals surface area (Å²) in [4.78, 5) is 2.72. The summed E-state index contributed by atoms with van der Waals surface area (Å²) in [5.74, 6) is 2.30. The second-order valence-corrected chi connectivity index (χ2v) is 7.47. The Bertz CT molecular complexity index is 432. The highest BCUT2D eigenvalue weighted by molar-refractivity contribution is 8.00. The van der Waals surface area contributed by atoms with Crippen LogP contribution in [0, 0.1) is 5.41 Å². The highest BCUT2D eigenvalue weighted by Gasteiger charge is 2.18. The van der Waals surface area contributed by atoms with E-state index in [0.717, 1.165) is 11.5 Å². The third kappa shape index (κ3) is 5.33. The van der Waals surface area contributed by atoms with E-state index in [4.69, 9.17) is 0 Å². The smallest absolute Gasteiger partial charge is 0.00721 e. The van der Waals surface area contributed by atoms with Crippen molar-refractivity contribution >= 4 is 23.5 Å². The monoisotopic (exact) mass is 288 g/mol. The Hall–Kier alpha value is -0.860. The lowest BCUT2D eigenvalue weighted by molar-refractivity contribution is 0.492. The zero-order chi connectivity index (χ0) is 13.6. The number of hydrogen-bond acceptors (Lipinski definition) is 2. The second kappa shape index (κ2) is 7.06. The van der Waals surface area contributed by atoms with Crippen LogP contribution < -0.4 is 0 Å². The third-order valence-corrected chi connectivity index (χ3v) is 5.81. The molecular formula is C17H20S2. The predicted octanol–water partition coefficient (Wildman–Crippen LogP) is 5.60. The molecule has 0 amide bonds. The van der Waals surface area contributed by atoms with Gasteiger partial charge in [0, 0.05) is 21.3 Å². The highest BCUT2D eigenvalue weighted by Crippen LogP contribution is 2.32. The SMILES string of the molecule is CC(C)(CSc1ccccc1)CSc1ccccc1. The summed E-state index contributed by atoms with van der Waals surface area (Å²) < 4.78 is 0. The normalized spacial score (nSPS) is 11.5. The fourth-order valence-electron chi connectivity index (χ4n) is 1.63. The van der Waals surface area contributed by atoms with Gasteiger partial charge in [-0.05, 0) is 29.7 Å². The van der Waals surface area contributed by atoms with E-state index < -0.39 is 0 Å². The predicted molar refractivity (Wildman–Crippen MR) is 88.1 cm³/mol. The van der Waals surface area contributed by atoms with Crippen molar-refractivity contribution in [3.8, 4) is 0 Å². The Morgan fingerprint density at radius 2 is 1.05 bits per heavy atom. The molecule has 2 aromatic carbocycles. The first-order valence-corrected chi connectivity index (χ1v) is 8.49. The fraction of sp³-hybridized carbons (Fsp3) is 0.294. The fourth-order valence-corrected chi connectivity index (χ4v) is 3.78. The molecule has 0 aliphatic carbocycles. The summed E-state index contributed by atoms with van der Waals surface area (Å²) in [6, 6.07) is 21.3. The van der Waals surface area contributed by atoms with Crippen LogP contribution in [0.1, 0.15) is 13.8 Å². The molecule has 100 valence electrons. The maximum Gasteiger partial charge on any atom is 0.00721 e. The van der Waals surface area contributed by atoms with Crippen molar-refractivity contribution in [3.05, 3.63) is 60.7 Å². The summed E-state index contributed by atoms with van der Waals surface area (Å²) in [7, 11) is 0. The van der Waals surface area contributed by atoms with Gasteiger partial charge in [-0.15, -0.1) is 23.5 Å². The first-order chi connectivity index (χ1) is 9.16. The molecule has 0 aliphatic heterocycles. The Kier molecular flexibility index (Phi) is 5.41. The van der Waals surface area contributed by atoms with Crippen LogP contribution in [0.3, 0.4) is 0 Å². The van der Waals surface area contributed by atoms with Crippen molar-refractivity contribution in [2.75, 3.05) is 11.5 Å². The number of benzene rings is 2. The van der Waals surface area contributed by atoms with Crippen LogP contribution in [0.15, 0.2) is 70.5 Å². The van der Waals surface area contributed by atoms with Gasteiger partial charge in [-0.2, -0.15) is 0 Å². The minimum Gasteiger partial charge on any atom is -0.126 e. The number of thioether (sulfide) groups is 2. The lowest BCUT2D eigenvalue weighted by Crippen LogP contribution is -2.17. The number of rotatable bonds is 6. The molecule has 0 fully saturated rings. The summed E-state index contributed by atoms with van der Waals surface area (Å²) in [6.45, 7) is 4.69. The largest absolute Gasteiger partial charge is 0.126 e. The summed E-state index contributed by atoms with van der Waals surface area (Å²) in [6.07, 6.45) is 0. The van der Waals surface area contributed by atoms with Crippen LogP contribution in [-0.2, 0) is 0 Å². The van der Waals surface area contributed by atoms with E-state index in [9.17, 15) is 0 Å². The van der Waals surface area contributed by atoms with Crippen molar-refractivity contribution in [2.24, 2.45) is 5.41 Å². The lowest BCUT2D eigenvalue weighted by Gasteiger charge is -2.23. The van der Waals surface area contributed by atoms with Crippen molar-refractivity contribution < 1.29 is 0 Å². The minimum atomic E-state index is 0.334. The van der Waals surface area contributed by atoms with Gasteiger partial charge in [0.2, 0.25) is 0 Å². The van der Waals surface area contributed by atoms with Crippen molar-refractivity contribution in [1.82, 2.24) is 0 Å². The van der Waals surface area contributed by atoms with Crippen LogP contribution >= 0.6 is 23.5 Å². The van der Waals surface area contributed by atoms with E-state index in [2.05, 4.69) is 74.5 Å². The van der Waals surface area contributed by atoms with E-state index in [-0.39, 0.29) is 0 Å². The molecular weight excluding hydrogens is 268 g/mol. The maximum absolute atomic E-state index is 2.35. The Balaban J connectivity index is 1.82. The van der Waals surface area contributed by atoms with Crippen molar-refractivity contribution in [2.45, 2.75) is 23.6 Å². The molecule has 0 saturated heterocycles. The Morgan fingerprint density at radius 3 is 1.42 bits per heavy atom. The minimum absolute atomic E-state index is 0.334. The van der Waals surface area contributed by atoms with Gasteiger partial charge in [-0.1, -0.05) is 50.2 Å². The van der Waals surface area contributed by atoms with Crippen LogP contribution in [0.4, 0.5) is 0 Å². The second-order valence-electron chi connectivity index (χ2n) is 5.37. The van der Waals surface area contributed by atoms with Crippen molar-refractivity contribution in [1.29, 1.82) is 0 Å². The summed E-state index contributed by atoms with van der Waals surface area (Å²) in [5, 5.41) is 0. The van der Waals surface area contributed by atoms with Gasteiger partial charge in [-0.3, -0.25) is 0 Å². The zero-order valence-corrected chi connectivity index (χ0v) is 13.1. The zero-order valence-electron chi connectivity index (χ0n) is 11.5. The summed E-state index contributed by atoms with van der Waals surface area (Å²) in [5.41, 5.74) is 0.334. The van der Waals surface area contributed by atoms with Gasteiger partial charge in [0.1, 0.15) is 0 Å². The van der Waals surface area contributed by atoms with Gasteiger partial charge in [0.05, 0.1) is 0 Å². The van der Waals surface area contributed by atoms with Crippen LogP contribution in [0.2, 0.25) is 0 Å². The first kappa shape index (κ1) is 14.5. The lowest BCUT2D eigenvalue weighted by atomic mass is 10.0. The van der Waals surface area contributed by atoms with Crippen LogP contribution in [0.5, 0.6) is 0 Å². The quantitative estimate of drug-likeness (QED) is 0.635. The molecule has 0 spiro atoms. The molecule has 0 unspecified atom stereocenters. The van der Waals surface area contributed by atoms with Crippen LogP contribution in [0.25, 0.3) is 0 Å². The average molecular weight is 288 g/mol. The highest BCUT2D eigenvalue weighted by atomic mass is 32.2. The van der Waals surface area contributed by atoms with E-state index in [1.165, 1.54) is 9.79 Å². The molecule has 0 atom stereocenters. The topological polar surface area (TPSA) is 0 Å². The standard InChI is InChI=1S/C17H20S2/c1-17(2,13-18-15-9-5-3-6-10-15)14-19-16-11-7-4-8-12-16/h3-12H,13-14H2,1-2H3. The molecule has 0 aromatic heterocycles. The molecule has 0 N–H and O–H groups in total. The maximum atomic E-state index is 2.35. The van der Waals surface area contributed by atoms with Gasteiger partial charge >= 0.3 is 0 Å². The van der Waals surface area contributed by atoms with E-state index in [1.807, 2.05) is 23.5 Å². The average Bonchev–Trinajstić information content (AvgIpc) is 2.46. The Morgan fingerprint density at radius 1 is 0.684 bits per heavy atom. The molecule has 0 saturated carbocycles. The summed E-state index contributed by atoms with van der Waals surface area (Å²) >= 11 is 3.90. The van der Waals surface area contributed by atoms with E-state index >= 15 is 0 Å². The molecule has 0 bridgehead atoms. The third-order valence-electron chi connectivity index (χ3n) is 2.75. The molecule has 19 heavy (non-hydrogen) atoms. The molecule has 2 heteroatoms. The molecule has 2 rings (SSSR count). The molecule has 0 heterocycles. The van der Waals surface area contributed by atoms with Gasteiger partial charge in [0.25, 0.3) is 0 Å². The molecule has 0 aliphatic rings. The molecule has 2 aromatic rings. The van der Waals surface area contributed by atoms with Crippen molar-refractivity contribution in [3.63, 3.8) is 0 Å². The van der Waals surface area contributed by atoms with Gasteiger partial charge < -0.3 is 0 Å². The number of hydrogen-bond donors (Lipinski definition) is 0. The first-order valence-electron chi connectivity index (χ1n) is 6.51. The van der Waals surface area contributed by atoms with E-state index in [0.29, 0.717) is 5.41 Å². The Labute approximate surface area is 125 Å². The molecule has 0 radical (unpaired) electrons.